The lowest BCUT2D eigenvalue weighted by Crippen LogP contribution is -2.31. The van der Waals surface area contributed by atoms with E-state index in [0.717, 1.165) is 10.0 Å². The predicted octanol–water partition coefficient (Wildman–Crippen LogP) is 3.46. The molecule has 1 rings (SSSR count). The van der Waals surface area contributed by atoms with E-state index in [9.17, 15) is 8.78 Å². The van der Waals surface area contributed by atoms with Crippen molar-refractivity contribution in [1.29, 1.82) is 0 Å². The minimum absolute atomic E-state index is 0.295. The van der Waals surface area contributed by atoms with Gasteiger partial charge in [0.1, 0.15) is 5.82 Å². The lowest BCUT2D eigenvalue weighted by Gasteiger charge is -2.22. The summed E-state index contributed by atoms with van der Waals surface area (Å²) in [6.45, 7) is 1.90. The zero-order chi connectivity index (χ0) is 12.1. The number of nitrogens with zero attached hydrogens (tertiary/aromatic N) is 2. The van der Waals surface area contributed by atoms with E-state index in [4.69, 9.17) is 11.6 Å². The summed E-state index contributed by atoms with van der Waals surface area (Å²) < 4.78 is 25.6. The Morgan fingerprint density at radius 2 is 2.25 bits per heavy atom. The van der Waals surface area contributed by atoms with E-state index in [1.807, 2.05) is 6.92 Å². The molecule has 0 N–H and O–H groups in total. The van der Waals surface area contributed by atoms with Crippen molar-refractivity contribution < 1.29 is 8.78 Å². The molecule has 2 nitrogen and oxygen atoms in total. The molecule has 0 atom stereocenters. The standard InChI is InChI=1S/C10H12BrClF2N2/c1-7-4-10(15-5-8(7)11)16(3-2-12)6-9(13)14/h4-5,9H,2-3,6H2,1H3. The number of rotatable bonds is 5. The van der Waals surface area contributed by atoms with E-state index in [2.05, 4.69) is 20.9 Å². The minimum Gasteiger partial charge on any atom is -0.350 e. The van der Waals surface area contributed by atoms with Crippen molar-refractivity contribution in [3.63, 3.8) is 0 Å². The molecule has 6 heteroatoms. The topological polar surface area (TPSA) is 16.1 Å². The van der Waals surface area contributed by atoms with E-state index < -0.39 is 6.43 Å². The first kappa shape index (κ1) is 13.6. The molecule has 16 heavy (non-hydrogen) atoms. The van der Waals surface area contributed by atoms with Crippen molar-refractivity contribution >= 4 is 33.3 Å². The summed E-state index contributed by atoms with van der Waals surface area (Å²) in [6, 6.07) is 1.76. The Morgan fingerprint density at radius 3 is 2.75 bits per heavy atom. The SMILES string of the molecule is Cc1cc(N(CCCl)CC(F)F)ncc1Br. The van der Waals surface area contributed by atoms with Crippen molar-refractivity contribution in [2.75, 3.05) is 23.9 Å². The fraction of sp³-hybridized carbons (Fsp3) is 0.500. The number of halogens is 4. The van der Waals surface area contributed by atoms with Crippen molar-refractivity contribution in [2.45, 2.75) is 13.3 Å². The lowest BCUT2D eigenvalue weighted by atomic mass is 10.3. The fourth-order valence-corrected chi connectivity index (χ4v) is 1.69. The molecular weight excluding hydrogens is 301 g/mol. The molecule has 0 spiro atoms. The summed E-state index contributed by atoms with van der Waals surface area (Å²) in [6.07, 6.45) is -0.786. The Hall–Kier alpha value is -0.420. The monoisotopic (exact) mass is 312 g/mol. The van der Waals surface area contributed by atoms with E-state index in [1.54, 1.807) is 12.3 Å². The van der Waals surface area contributed by atoms with Crippen LogP contribution in [0.1, 0.15) is 5.56 Å². The molecule has 1 aromatic rings. The summed E-state index contributed by atoms with van der Waals surface area (Å²) in [5, 5.41) is 0. The number of pyridine rings is 1. The second kappa shape index (κ2) is 6.35. The van der Waals surface area contributed by atoms with Crippen LogP contribution in [0.15, 0.2) is 16.7 Å². The van der Waals surface area contributed by atoms with Gasteiger partial charge in [-0.3, -0.25) is 0 Å². The maximum atomic E-state index is 12.4. The third-order valence-corrected chi connectivity index (χ3v) is 3.07. The van der Waals surface area contributed by atoms with E-state index >= 15 is 0 Å². The molecule has 90 valence electrons. The highest BCUT2D eigenvalue weighted by Crippen LogP contribution is 2.20. The molecule has 1 aromatic heterocycles. The van der Waals surface area contributed by atoms with Gasteiger partial charge in [0.25, 0.3) is 6.43 Å². The van der Waals surface area contributed by atoms with Gasteiger partial charge in [0.05, 0.1) is 6.54 Å². The Bertz CT molecular complexity index is 350. The summed E-state index contributed by atoms with van der Waals surface area (Å²) >= 11 is 8.89. The molecule has 0 saturated carbocycles. The van der Waals surface area contributed by atoms with Gasteiger partial charge in [-0.1, -0.05) is 0 Å². The highest BCUT2D eigenvalue weighted by atomic mass is 79.9. The van der Waals surface area contributed by atoms with Crippen LogP contribution in [0.25, 0.3) is 0 Å². The molecular formula is C10H12BrClF2N2. The number of aromatic nitrogens is 1. The van der Waals surface area contributed by atoms with Gasteiger partial charge < -0.3 is 4.90 Å². The summed E-state index contributed by atoms with van der Waals surface area (Å²) in [7, 11) is 0. The minimum atomic E-state index is -2.39. The van der Waals surface area contributed by atoms with Crippen LogP contribution in [0, 0.1) is 6.92 Å². The molecule has 0 fully saturated rings. The van der Waals surface area contributed by atoms with Gasteiger partial charge in [0, 0.05) is 23.1 Å². The number of alkyl halides is 3. The van der Waals surface area contributed by atoms with Gasteiger partial charge in [-0.25, -0.2) is 13.8 Å². The van der Waals surface area contributed by atoms with Gasteiger partial charge in [-0.15, -0.1) is 11.6 Å². The molecule has 0 radical (unpaired) electrons. The summed E-state index contributed by atoms with van der Waals surface area (Å²) in [5.41, 5.74) is 0.957. The fourth-order valence-electron chi connectivity index (χ4n) is 1.27. The maximum absolute atomic E-state index is 12.4. The van der Waals surface area contributed by atoms with Crippen LogP contribution in [0.3, 0.4) is 0 Å². The van der Waals surface area contributed by atoms with Gasteiger partial charge in [-0.05, 0) is 34.5 Å². The van der Waals surface area contributed by atoms with E-state index in [0.29, 0.717) is 18.2 Å². The zero-order valence-electron chi connectivity index (χ0n) is 8.76. The smallest absolute Gasteiger partial charge is 0.255 e. The van der Waals surface area contributed by atoms with Crippen LogP contribution < -0.4 is 4.90 Å². The molecule has 0 unspecified atom stereocenters. The first-order valence-electron chi connectivity index (χ1n) is 4.75. The first-order chi connectivity index (χ1) is 7.54. The van der Waals surface area contributed by atoms with Crippen molar-refractivity contribution in [3.8, 4) is 0 Å². The van der Waals surface area contributed by atoms with Gasteiger partial charge in [0.2, 0.25) is 0 Å². The normalized spacial score (nSPS) is 10.9. The average Bonchev–Trinajstić information content (AvgIpc) is 2.21. The zero-order valence-corrected chi connectivity index (χ0v) is 11.1. The number of aryl methyl sites for hydroxylation is 1. The van der Waals surface area contributed by atoms with Crippen LogP contribution in [-0.4, -0.2) is 30.4 Å². The molecule has 0 amide bonds. The van der Waals surface area contributed by atoms with Crippen LogP contribution in [0.2, 0.25) is 0 Å². The van der Waals surface area contributed by atoms with Crippen molar-refractivity contribution in [3.05, 3.63) is 22.3 Å². The van der Waals surface area contributed by atoms with Crippen molar-refractivity contribution in [1.82, 2.24) is 4.98 Å². The Balaban J connectivity index is 2.87. The van der Waals surface area contributed by atoms with Gasteiger partial charge >= 0.3 is 0 Å². The van der Waals surface area contributed by atoms with Crippen LogP contribution >= 0.6 is 27.5 Å². The second-order valence-corrected chi connectivity index (χ2v) is 4.55. The lowest BCUT2D eigenvalue weighted by molar-refractivity contribution is 0.155. The molecule has 0 saturated heterocycles. The average molecular weight is 314 g/mol. The molecule has 0 aromatic carbocycles. The van der Waals surface area contributed by atoms with Crippen LogP contribution in [0.4, 0.5) is 14.6 Å². The van der Waals surface area contributed by atoms with Crippen LogP contribution in [0.5, 0.6) is 0 Å². The largest absolute Gasteiger partial charge is 0.350 e. The second-order valence-electron chi connectivity index (χ2n) is 3.32. The Kier molecular flexibility index (Phi) is 5.41. The molecule has 0 aliphatic rings. The maximum Gasteiger partial charge on any atom is 0.255 e. The van der Waals surface area contributed by atoms with Crippen LogP contribution in [-0.2, 0) is 0 Å². The molecule has 0 bridgehead atoms. The third-order valence-electron chi connectivity index (χ3n) is 2.07. The Morgan fingerprint density at radius 1 is 1.56 bits per heavy atom. The predicted molar refractivity (Wildman–Crippen MR) is 65.6 cm³/mol. The molecule has 0 aliphatic carbocycles. The summed E-state index contributed by atoms with van der Waals surface area (Å²) in [5.74, 6) is 0.824. The Labute approximate surface area is 107 Å². The molecule has 1 heterocycles. The molecule has 0 aliphatic heterocycles. The van der Waals surface area contributed by atoms with E-state index in [-0.39, 0.29) is 6.54 Å². The highest BCUT2D eigenvalue weighted by Gasteiger charge is 2.14. The van der Waals surface area contributed by atoms with E-state index in [1.165, 1.54) is 4.90 Å². The summed E-state index contributed by atoms with van der Waals surface area (Å²) in [4.78, 5) is 5.58. The van der Waals surface area contributed by atoms with Gasteiger partial charge in [0.15, 0.2) is 0 Å². The third kappa shape index (κ3) is 3.87. The highest BCUT2D eigenvalue weighted by molar-refractivity contribution is 9.10. The number of hydrogen-bond acceptors (Lipinski definition) is 2. The van der Waals surface area contributed by atoms with Crippen molar-refractivity contribution in [2.24, 2.45) is 0 Å². The first-order valence-corrected chi connectivity index (χ1v) is 6.08. The van der Waals surface area contributed by atoms with Gasteiger partial charge in [-0.2, -0.15) is 0 Å². The number of hydrogen-bond donors (Lipinski definition) is 0. The number of anilines is 1. The quantitative estimate of drug-likeness (QED) is 0.774.